The molecule has 0 unspecified atom stereocenters. The Morgan fingerprint density at radius 3 is 2.00 bits per heavy atom. The maximum atomic E-state index is 7.34. The zero-order valence-corrected chi connectivity index (χ0v) is 13.1. The van der Waals surface area contributed by atoms with Crippen LogP contribution in [0.15, 0.2) is 18.2 Å². The molecule has 0 aliphatic heterocycles. The van der Waals surface area contributed by atoms with Gasteiger partial charge in [0.25, 0.3) is 0 Å². The molecule has 1 aromatic carbocycles. The van der Waals surface area contributed by atoms with Gasteiger partial charge in [0, 0.05) is 18.4 Å². The number of hydrogen-bond donors (Lipinski definition) is 2. The van der Waals surface area contributed by atoms with Crippen LogP contribution >= 0.6 is 24.0 Å². The van der Waals surface area contributed by atoms with Gasteiger partial charge in [-0.1, -0.05) is 45.3 Å². The average molecular weight is 334 g/mol. The molecule has 3 N–H and O–H groups in total. The summed E-state index contributed by atoms with van der Waals surface area (Å²) in [6, 6.07) is 5.14. The van der Waals surface area contributed by atoms with Crippen LogP contribution in [0.5, 0.6) is 0 Å². The Morgan fingerprint density at radius 1 is 1.25 bits per heavy atom. The summed E-state index contributed by atoms with van der Waals surface area (Å²) in [5, 5.41) is 7.34. The fraction of sp³-hybridized carbons (Fsp3) is 0.417. The zero-order chi connectivity index (χ0) is 12.4. The summed E-state index contributed by atoms with van der Waals surface area (Å²) in [7, 11) is 5.51. The highest BCUT2D eigenvalue weighted by Crippen LogP contribution is 2.08. The standard InChI is InChI=1S/C8H9BN2.2C2H6.HI.H2/c1-5(10)7-4-6(9)2-3-8(7)11;2*1-2;;/h2-4,10H,11H2,1H3;2*1-2H3;2*1H. The molecule has 0 saturated heterocycles. The van der Waals surface area contributed by atoms with Crippen LogP contribution in [0.4, 0.5) is 5.69 Å². The summed E-state index contributed by atoms with van der Waals surface area (Å²) in [5.74, 6) is 0. The molecule has 0 saturated carbocycles. The van der Waals surface area contributed by atoms with Crippen LogP contribution in [0.25, 0.3) is 0 Å². The van der Waals surface area contributed by atoms with Crippen LogP contribution < -0.4 is 11.2 Å². The maximum absolute atomic E-state index is 7.34. The molecule has 0 aromatic heterocycles. The quantitative estimate of drug-likeness (QED) is 0.352. The van der Waals surface area contributed by atoms with Crippen LogP contribution in [-0.4, -0.2) is 13.6 Å². The Labute approximate surface area is 119 Å². The predicted molar refractivity (Wildman–Crippen MR) is 89.0 cm³/mol. The molecule has 0 fully saturated rings. The van der Waals surface area contributed by atoms with Gasteiger partial charge in [0.05, 0.1) is 0 Å². The molecule has 4 heteroatoms. The van der Waals surface area contributed by atoms with Crippen molar-refractivity contribution in [1.29, 1.82) is 5.41 Å². The number of anilines is 1. The van der Waals surface area contributed by atoms with E-state index in [1.807, 2.05) is 27.7 Å². The van der Waals surface area contributed by atoms with Crippen LogP contribution in [0.3, 0.4) is 0 Å². The molecule has 0 heterocycles. The van der Waals surface area contributed by atoms with Gasteiger partial charge in [-0.15, -0.1) is 24.0 Å². The third kappa shape index (κ3) is 7.73. The summed E-state index contributed by atoms with van der Waals surface area (Å²) in [6.45, 7) is 9.69. The van der Waals surface area contributed by atoms with Crippen molar-refractivity contribution in [1.82, 2.24) is 0 Å². The van der Waals surface area contributed by atoms with Crippen molar-refractivity contribution in [2.24, 2.45) is 0 Å². The summed E-state index contributed by atoms with van der Waals surface area (Å²) in [4.78, 5) is 0. The van der Waals surface area contributed by atoms with Crippen molar-refractivity contribution in [2.75, 3.05) is 5.73 Å². The van der Waals surface area contributed by atoms with Gasteiger partial charge in [0.1, 0.15) is 7.85 Å². The average Bonchev–Trinajstić information content (AvgIpc) is 2.27. The van der Waals surface area contributed by atoms with E-state index in [1.54, 1.807) is 25.1 Å². The molecule has 2 nitrogen and oxygen atoms in total. The van der Waals surface area contributed by atoms with Gasteiger partial charge < -0.3 is 11.1 Å². The van der Waals surface area contributed by atoms with Gasteiger partial charge in [-0.05, 0) is 13.0 Å². The molecule has 2 radical (unpaired) electrons. The first-order valence-corrected chi connectivity index (χ1v) is 5.32. The van der Waals surface area contributed by atoms with E-state index in [1.165, 1.54) is 0 Å². The molecule has 0 bridgehead atoms. The van der Waals surface area contributed by atoms with Crippen molar-refractivity contribution in [3.63, 3.8) is 0 Å². The van der Waals surface area contributed by atoms with E-state index in [-0.39, 0.29) is 25.4 Å². The van der Waals surface area contributed by atoms with E-state index < -0.39 is 0 Å². The second kappa shape index (κ2) is 12.6. The molecule has 0 amide bonds. The summed E-state index contributed by atoms with van der Waals surface area (Å²) < 4.78 is 0. The van der Waals surface area contributed by atoms with E-state index in [0.29, 0.717) is 22.4 Å². The second-order valence-corrected chi connectivity index (χ2v) is 2.47. The molecule has 0 aliphatic carbocycles. The SMILES string of the molecule is CC.CC.I.[B]c1ccc(N)c(C(C)=N)c1.[HH]. The number of nitrogen functional groups attached to an aromatic ring is 1. The van der Waals surface area contributed by atoms with E-state index in [0.717, 1.165) is 0 Å². The van der Waals surface area contributed by atoms with E-state index in [2.05, 4.69) is 0 Å². The lowest BCUT2D eigenvalue weighted by Crippen LogP contribution is -2.08. The summed E-state index contributed by atoms with van der Waals surface area (Å²) >= 11 is 0. The second-order valence-electron chi connectivity index (χ2n) is 2.47. The third-order valence-corrected chi connectivity index (χ3v) is 1.48. The number of halogens is 1. The lowest BCUT2D eigenvalue weighted by atomic mass is 9.92. The fourth-order valence-corrected chi connectivity index (χ4v) is 0.899. The van der Waals surface area contributed by atoms with Crippen LogP contribution in [0.2, 0.25) is 0 Å². The van der Waals surface area contributed by atoms with Crippen molar-refractivity contribution in [3.8, 4) is 0 Å². The number of nitrogens with one attached hydrogen (secondary N) is 1. The largest absolute Gasteiger partial charge is 0.398 e. The monoisotopic (exact) mass is 334 g/mol. The van der Waals surface area contributed by atoms with E-state index in [9.17, 15) is 0 Å². The Morgan fingerprint density at radius 2 is 1.69 bits per heavy atom. The molecule has 1 aromatic rings. The number of benzene rings is 1. The maximum Gasteiger partial charge on any atom is 0.113 e. The van der Waals surface area contributed by atoms with Crippen LogP contribution in [0.1, 0.15) is 41.6 Å². The van der Waals surface area contributed by atoms with Crippen molar-refractivity contribution < 1.29 is 1.43 Å². The van der Waals surface area contributed by atoms with Crippen molar-refractivity contribution in [2.45, 2.75) is 34.6 Å². The molecule has 92 valence electrons. The van der Waals surface area contributed by atoms with Gasteiger partial charge in [-0.2, -0.15) is 0 Å². The Hall–Kier alpha value is -0.515. The topological polar surface area (TPSA) is 49.9 Å². The highest BCUT2D eigenvalue weighted by molar-refractivity contribution is 14.0. The Kier molecular flexibility index (Phi) is 16.4. The Bertz CT molecular complexity index is 307. The smallest absolute Gasteiger partial charge is 0.113 e. The number of nitrogens with two attached hydrogens (primary N) is 1. The van der Waals surface area contributed by atoms with Gasteiger partial charge in [0.2, 0.25) is 0 Å². The van der Waals surface area contributed by atoms with Gasteiger partial charge in [-0.25, -0.2) is 0 Å². The molecular weight excluding hydrogens is 310 g/mol. The lowest BCUT2D eigenvalue weighted by Gasteiger charge is -2.03. The highest BCUT2D eigenvalue weighted by Gasteiger charge is 1.99. The van der Waals surface area contributed by atoms with Gasteiger partial charge >= 0.3 is 0 Å². The normalized spacial score (nSPS) is 7.31. The molecule has 1 rings (SSSR count). The van der Waals surface area contributed by atoms with E-state index >= 15 is 0 Å². The van der Waals surface area contributed by atoms with Crippen molar-refractivity contribution in [3.05, 3.63) is 23.8 Å². The van der Waals surface area contributed by atoms with Crippen LogP contribution in [-0.2, 0) is 0 Å². The Balaban J connectivity index is -0.000000128. The summed E-state index contributed by atoms with van der Waals surface area (Å²) in [5.41, 5.74) is 7.99. The van der Waals surface area contributed by atoms with E-state index in [4.69, 9.17) is 19.0 Å². The first-order valence-electron chi connectivity index (χ1n) is 5.32. The molecule has 0 aliphatic rings. The van der Waals surface area contributed by atoms with Crippen molar-refractivity contribution >= 4 is 48.7 Å². The molecular formula is C12H24BIN2. The minimum Gasteiger partial charge on any atom is -0.398 e. The zero-order valence-electron chi connectivity index (χ0n) is 10.8. The summed E-state index contributed by atoms with van der Waals surface area (Å²) in [6.07, 6.45) is 0. The van der Waals surface area contributed by atoms with Gasteiger partial charge in [-0.3, -0.25) is 0 Å². The number of hydrogen-bond acceptors (Lipinski definition) is 2. The van der Waals surface area contributed by atoms with Crippen LogP contribution in [0, 0.1) is 5.41 Å². The molecule has 0 spiro atoms. The fourth-order valence-electron chi connectivity index (χ4n) is 0.899. The molecule has 16 heavy (non-hydrogen) atoms. The highest BCUT2D eigenvalue weighted by atomic mass is 127. The minimum atomic E-state index is 0. The lowest BCUT2D eigenvalue weighted by molar-refractivity contribution is 1.46. The third-order valence-electron chi connectivity index (χ3n) is 1.48. The first-order chi connectivity index (χ1) is 7.11. The predicted octanol–water partition coefficient (Wildman–Crippen LogP) is 3.37. The molecule has 0 atom stereocenters. The minimum absolute atomic E-state index is 0. The first kappa shape index (κ1) is 20.8. The van der Waals surface area contributed by atoms with Gasteiger partial charge in [0.15, 0.2) is 0 Å². The number of rotatable bonds is 1.